The number of carbonyl (C=O) groups is 1. The summed E-state index contributed by atoms with van der Waals surface area (Å²) in [5, 5.41) is 0. The van der Waals surface area contributed by atoms with Crippen molar-refractivity contribution >= 4 is 6.29 Å². The Morgan fingerprint density at radius 2 is 2.00 bits per heavy atom. The smallest absolute Gasteiger partial charge is 0.297 e. The Bertz CT molecular complexity index is 99.2. The van der Waals surface area contributed by atoms with E-state index in [4.69, 9.17) is 0 Å². The van der Waals surface area contributed by atoms with Crippen LogP contribution in [0.3, 0.4) is 0 Å². The van der Waals surface area contributed by atoms with Gasteiger partial charge < -0.3 is 0 Å². The Balaban J connectivity index is 3.71. The monoisotopic (exact) mass is 136 g/mol. The van der Waals surface area contributed by atoms with Crippen molar-refractivity contribution in [1.82, 2.24) is 0 Å². The summed E-state index contributed by atoms with van der Waals surface area (Å²) in [5.74, 6) is -3.25. The van der Waals surface area contributed by atoms with Crippen LogP contribution in [0.1, 0.15) is 20.3 Å². The molecule has 54 valence electrons. The van der Waals surface area contributed by atoms with Crippen LogP contribution in [0.2, 0.25) is 0 Å². The molecular formula is C6H10F2O. The molecule has 0 spiro atoms. The molecule has 0 saturated carbocycles. The molecule has 0 unspecified atom stereocenters. The fourth-order valence-corrected chi connectivity index (χ4v) is 0.592. The maximum absolute atomic E-state index is 12.0. The van der Waals surface area contributed by atoms with Gasteiger partial charge in [-0.25, -0.2) is 0 Å². The van der Waals surface area contributed by atoms with Gasteiger partial charge in [-0.1, -0.05) is 13.8 Å². The Hall–Kier alpha value is -0.470. The SMILES string of the molecule is CC(C)CC(F)(F)C=O. The highest BCUT2D eigenvalue weighted by molar-refractivity contribution is 5.59. The molecule has 0 aromatic rings. The first-order valence-electron chi connectivity index (χ1n) is 2.82. The standard InChI is InChI=1S/C6H10F2O/c1-5(2)3-6(7,8)4-9/h4-5H,3H2,1-2H3. The van der Waals surface area contributed by atoms with Crippen molar-refractivity contribution in [2.45, 2.75) is 26.2 Å². The van der Waals surface area contributed by atoms with Crippen LogP contribution < -0.4 is 0 Å². The van der Waals surface area contributed by atoms with Crippen LogP contribution in [-0.4, -0.2) is 12.2 Å². The summed E-state index contributed by atoms with van der Waals surface area (Å²) in [4.78, 5) is 9.61. The van der Waals surface area contributed by atoms with E-state index in [-0.39, 0.29) is 18.6 Å². The van der Waals surface area contributed by atoms with Gasteiger partial charge in [0.15, 0.2) is 6.29 Å². The highest BCUT2D eigenvalue weighted by Gasteiger charge is 2.28. The molecular weight excluding hydrogens is 126 g/mol. The van der Waals surface area contributed by atoms with Gasteiger partial charge in [0.25, 0.3) is 0 Å². The quantitative estimate of drug-likeness (QED) is 0.541. The van der Waals surface area contributed by atoms with Crippen LogP contribution in [-0.2, 0) is 4.79 Å². The van der Waals surface area contributed by atoms with Gasteiger partial charge >= 0.3 is 5.92 Å². The Morgan fingerprint density at radius 1 is 1.56 bits per heavy atom. The molecule has 0 radical (unpaired) electrons. The zero-order chi connectivity index (χ0) is 7.49. The summed E-state index contributed by atoms with van der Waals surface area (Å²) in [6.07, 6.45) is -0.649. The minimum absolute atomic E-state index is 0.134. The van der Waals surface area contributed by atoms with Crippen LogP contribution in [0, 0.1) is 5.92 Å². The summed E-state index contributed by atoms with van der Waals surface area (Å²) in [7, 11) is 0. The second-order valence-corrected chi connectivity index (χ2v) is 2.48. The topological polar surface area (TPSA) is 17.1 Å². The second-order valence-electron chi connectivity index (χ2n) is 2.48. The third-order valence-electron chi connectivity index (χ3n) is 0.853. The van der Waals surface area contributed by atoms with E-state index in [0.29, 0.717) is 0 Å². The Morgan fingerprint density at radius 3 is 2.11 bits per heavy atom. The average molecular weight is 136 g/mol. The molecule has 0 N–H and O–H groups in total. The Labute approximate surface area is 53.1 Å². The van der Waals surface area contributed by atoms with Crippen molar-refractivity contribution in [3.05, 3.63) is 0 Å². The van der Waals surface area contributed by atoms with E-state index in [1.807, 2.05) is 0 Å². The lowest BCUT2D eigenvalue weighted by atomic mass is 10.1. The number of rotatable bonds is 3. The molecule has 0 amide bonds. The van der Waals surface area contributed by atoms with E-state index in [1.165, 1.54) is 0 Å². The molecule has 3 heteroatoms. The molecule has 1 nitrogen and oxygen atoms in total. The first kappa shape index (κ1) is 8.53. The molecule has 0 aliphatic carbocycles. The van der Waals surface area contributed by atoms with E-state index in [2.05, 4.69) is 0 Å². The van der Waals surface area contributed by atoms with E-state index in [0.717, 1.165) is 0 Å². The Kier molecular flexibility index (Phi) is 2.74. The van der Waals surface area contributed by atoms with Crippen molar-refractivity contribution < 1.29 is 13.6 Å². The number of halogens is 2. The van der Waals surface area contributed by atoms with Crippen molar-refractivity contribution in [3.63, 3.8) is 0 Å². The average Bonchev–Trinajstić information content (AvgIpc) is 1.63. The number of carbonyl (C=O) groups excluding carboxylic acids is 1. The molecule has 0 heterocycles. The predicted molar refractivity (Wildman–Crippen MR) is 30.5 cm³/mol. The highest BCUT2D eigenvalue weighted by atomic mass is 19.3. The fraction of sp³-hybridized carbons (Fsp3) is 0.833. The van der Waals surface area contributed by atoms with Gasteiger partial charge in [0.1, 0.15) is 0 Å². The van der Waals surface area contributed by atoms with Crippen molar-refractivity contribution in [3.8, 4) is 0 Å². The fourth-order valence-electron chi connectivity index (χ4n) is 0.592. The third-order valence-corrected chi connectivity index (χ3v) is 0.853. The van der Waals surface area contributed by atoms with Gasteiger partial charge in [-0.05, 0) is 5.92 Å². The number of hydrogen-bond donors (Lipinski definition) is 0. The number of hydrogen-bond acceptors (Lipinski definition) is 1. The van der Waals surface area contributed by atoms with Crippen LogP contribution in [0.25, 0.3) is 0 Å². The first-order chi connectivity index (χ1) is 3.98. The van der Waals surface area contributed by atoms with E-state index >= 15 is 0 Å². The summed E-state index contributed by atoms with van der Waals surface area (Å²) in [6, 6.07) is 0. The van der Waals surface area contributed by atoms with Crippen LogP contribution in [0.4, 0.5) is 8.78 Å². The number of aldehydes is 1. The van der Waals surface area contributed by atoms with E-state index in [9.17, 15) is 13.6 Å². The van der Waals surface area contributed by atoms with Gasteiger partial charge in [-0.3, -0.25) is 4.79 Å². The molecule has 0 rings (SSSR count). The molecule has 0 aliphatic heterocycles. The van der Waals surface area contributed by atoms with Gasteiger partial charge in [0, 0.05) is 6.42 Å². The minimum Gasteiger partial charge on any atom is -0.297 e. The maximum atomic E-state index is 12.0. The van der Waals surface area contributed by atoms with Crippen LogP contribution in [0.15, 0.2) is 0 Å². The van der Waals surface area contributed by atoms with Gasteiger partial charge in [0.05, 0.1) is 0 Å². The molecule has 0 aliphatic rings. The predicted octanol–water partition coefficient (Wildman–Crippen LogP) is 1.87. The second kappa shape index (κ2) is 2.90. The van der Waals surface area contributed by atoms with Crippen molar-refractivity contribution in [1.29, 1.82) is 0 Å². The van der Waals surface area contributed by atoms with Crippen molar-refractivity contribution in [2.75, 3.05) is 0 Å². The zero-order valence-corrected chi connectivity index (χ0v) is 5.53. The summed E-state index contributed by atoms with van der Waals surface area (Å²) >= 11 is 0. The number of alkyl halides is 2. The highest BCUT2D eigenvalue weighted by Crippen LogP contribution is 2.19. The lowest BCUT2D eigenvalue weighted by Crippen LogP contribution is -2.19. The maximum Gasteiger partial charge on any atom is 0.302 e. The first-order valence-corrected chi connectivity index (χ1v) is 2.82. The van der Waals surface area contributed by atoms with Gasteiger partial charge in [-0.2, -0.15) is 8.78 Å². The lowest BCUT2D eigenvalue weighted by molar-refractivity contribution is -0.131. The van der Waals surface area contributed by atoms with Crippen LogP contribution in [0.5, 0.6) is 0 Å². The summed E-state index contributed by atoms with van der Waals surface area (Å²) in [6.45, 7) is 3.30. The minimum atomic E-state index is -3.12. The van der Waals surface area contributed by atoms with Gasteiger partial charge in [0.2, 0.25) is 0 Å². The molecule has 0 fully saturated rings. The summed E-state index contributed by atoms with van der Waals surface area (Å²) in [5.41, 5.74) is 0. The molecule has 0 aromatic carbocycles. The van der Waals surface area contributed by atoms with E-state index < -0.39 is 5.92 Å². The largest absolute Gasteiger partial charge is 0.302 e. The zero-order valence-electron chi connectivity index (χ0n) is 5.53. The molecule has 0 atom stereocenters. The van der Waals surface area contributed by atoms with Gasteiger partial charge in [-0.15, -0.1) is 0 Å². The molecule has 9 heavy (non-hydrogen) atoms. The summed E-state index contributed by atoms with van der Waals surface area (Å²) < 4.78 is 24.1. The molecule has 0 saturated heterocycles. The lowest BCUT2D eigenvalue weighted by Gasteiger charge is -2.09. The molecule has 0 aromatic heterocycles. The van der Waals surface area contributed by atoms with Crippen molar-refractivity contribution in [2.24, 2.45) is 5.92 Å². The normalized spacial score (nSPS) is 12.1. The third kappa shape index (κ3) is 4.06. The molecule has 0 bridgehead atoms. The van der Waals surface area contributed by atoms with Crippen LogP contribution >= 0.6 is 0 Å². The van der Waals surface area contributed by atoms with E-state index in [1.54, 1.807) is 13.8 Å².